The molecule has 0 aliphatic rings. The summed E-state index contributed by atoms with van der Waals surface area (Å²) in [6.45, 7) is 5.98. The van der Waals surface area contributed by atoms with Crippen LogP contribution in [0.25, 0.3) is 0 Å². The van der Waals surface area contributed by atoms with E-state index in [9.17, 15) is 0 Å². The second kappa shape index (κ2) is 13.5. The molecule has 1 aromatic rings. The van der Waals surface area contributed by atoms with Gasteiger partial charge in [0, 0.05) is 0 Å². The summed E-state index contributed by atoms with van der Waals surface area (Å²) in [5, 5.41) is 0. The summed E-state index contributed by atoms with van der Waals surface area (Å²) < 4.78 is 11.4. The van der Waals surface area contributed by atoms with Crippen LogP contribution in [-0.2, 0) is 0 Å². The van der Waals surface area contributed by atoms with Crippen molar-refractivity contribution in [1.82, 2.24) is 0 Å². The Bertz CT molecular complexity index is 331. The Kier molecular flexibility index (Phi) is 11.6. The third kappa shape index (κ3) is 9.70. The first-order chi connectivity index (χ1) is 10.9. The second-order valence-electron chi connectivity index (χ2n) is 5.83. The lowest BCUT2D eigenvalue weighted by Gasteiger charge is -2.09. The first kappa shape index (κ1) is 18.9. The molecule has 0 aliphatic heterocycles. The molecule has 124 valence electrons. The van der Waals surface area contributed by atoms with Gasteiger partial charge in [-0.05, 0) is 31.0 Å². The summed E-state index contributed by atoms with van der Waals surface area (Å²) in [4.78, 5) is 0. The molecule has 22 heavy (non-hydrogen) atoms. The molecule has 0 bridgehead atoms. The van der Waals surface area contributed by atoms with Crippen molar-refractivity contribution in [3.63, 3.8) is 0 Å². The highest BCUT2D eigenvalue weighted by atomic mass is 16.5. The van der Waals surface area contributed by atoms with Gasteiger partial charge in [0.1, 0.15) is 11.5 Å². The van der Waals surface area contributed by atoms with E-state index >= 15 is 0 Å². The fraction of sp³-hybridized carbons (Fsp3) is 0.700. The molecule has 0 N–H and O–H groups in total. The zero-order valence-corrected chi connectivity index (χ0v) is 14.5. The molecule has 0 spiro atoms. The minimum atomic E-state index is 0.749. The van der Waals surface area contributed by atoms with Gasteiger partial charge >= 0.3 is 0 Å². The van der Waals surface area contributed by atoms with Crippen molar-refractivity contribution in [3.05, 3.63) is 24.3 Å². The standard InChI is InChI=1S/C20H32O2/c1-3-5-7-9-11-16-21-19-14-13-15-20(18-19)22-17-12-10-8-6-4-2/h14-15H,3-12,16-17H2,1-2H3. The van der Waals surface area contributed by atoms with E-state index < -0.39 is 0 Å². The number of benzene rings is 1. The maximum atomic E-state index is 5.72. The van der Waals surface area contributed by atoms with Crippen LogP contribution < -0.4 is 9.47 Å². The van der Waals surface area contributed by atoms with Gasteiger partial charge in [-0.3, -0.25) is 0 Å². The molecular formula is C20H32O2. The molecule has 2 radical (unpaired) electrons. The Morgan fingerprint density at radius 1 is 0.682 bits per heavy atom. The highest BCUT2D eigenvalue weighted by molar-refractivity contribution is 5.30. The molecule has 2 heteroatoms. The Labute approximate surface area is 137 Å². The van der Waals surface area contributed by atoms with Gasteiger partial charge in [0.15, 0.2) is 0 Å². The quantitative estimate of drug-likeness (QED) is 0.393. The first-order valence-corrected chi connectivity index (χ1v) is 9.05. The predicted octanol–water partition coefficient (Wildman–Crippen LogP) is 5.99. The molecule has 0 fully saturated rings. The van der Waals surface area contributed by atoms with E-state index in [0.717, 1.165) is 37.6 Å². The van der Waals surface area contributed by atoms with Gasteiger partial charge in [-0.1, -0.05) is 65.2 Å². The van der Waals surface area contributed by atoms with Crippen molar-refractivity contribution in [3.8, 4) is 11.5 Å². The normalized spacial score (nSPS) is 10.6. The van der Waals surface area contributed by atoms with Crippen molar-refractivity contribution >= 4 is 0 Å². The van der Waals surface area contributed by atoms with Crippen molar-refractivity contribution in [1.29, 1.82) is 0 Å². The van der Waals surface area contributed by atoms with E-state index in [2.05, 4.69) is 26.0 Å². The van der Waals surface area contributed by atoms with Gasteiger partial charge in [0.05, 0.1) is 19.3 Å². The molecule has 1 aromatic carbocycles. The van der Waals surface area contributed by atoms with E-state index in [0.29, 0.717) is 0 Å². The molecule has 0 heterocycles. The number of unbranched alkanes of at least 4 members (excludes halogenated alkanes) is 8. The summed E-state index contributed by atoms with van der Waals surface area (Å²) in [6.07, 6.45) is 12.5. The topological polar surface area (TPSA) is 18.5 Å². The average molecular weight is 304 g/mol. The van der Waals surface area contributed by atoms with E-state index in [1.807, 2.05) is 12.1 Å². The summed E-state index contributed by atoms with van der Waals surface area (Å²) in [6, 6.07) is 9.91. The van der Waals surface area contributed by atoms with Crippen LogP contribution in [0.3, 0.4) is 0 Å². The van der Waals surface area contributed by atoms with Crippen LogP contribution >= 0.6 is 0 Å². The molecule has 0 atom stereocenters. The van der Waals surface area contributed by atoms with E-state index in [4.69, 9.17) is 9.47 Å². The molecule has 0 saturated heterocycles. The average Bonchev–Trinajstić information content (AvgIpc) is 2.54. The summed E-state index contributed by atoms with van der Waals surface area (Å²) in [5.74, 6) is 1.50. The summed E-state index contributed by atoms with van der Waals surface area (Å²) >= 11 is 0. The smallest absolute Gasteiger partial charge is 0.131 e. The van der Waals surface area contributed by atoms with E-state index in [1.165, 1.54) is 51.4 Å². The third-order valence-electron chi connectivity index (χ3n) is 3.69. The van der Waals surface area contributed by atoms with Crippen molar-refractivity contribution in [2.24, 2.45) is 0 Å². The molecule has 2 nitrogen and oxygen atoms in total. The molecule has 0 aliphatic carbocycles. The highest BCUT2D eigenvalue weighted by Crippen LogP contribution is 2.19. The van der Waals surface area contributed by atoms with Gasteiger partial charge in [0.25, 0.3) is 0 Å². The Balaban J connectivity index is 2.13. The molecule has 0 unspecified atom stereocenters. The van der Waals surface area contributed by atoms with Crippen LogP contribution in [0, 0.1) is 12.1 Å². The molecule has 0 amide bonds. The minimum Gasteiger partial charge on any atom is -0.493 e. The maximum Gasteiger partial charge on any atom is 0.131 e. The van der Waals surface area contributed by atoms with Crippen LogP contribution in [0.4, 0.5) is 0 Å². The van der Waals surface area contributed by atoms with Crippen LogP contribution in [0.2, 0.25) is 0 Å². The number of hydrogen-bond donors (Lipinski definition) is 0. The summed E-state index contributed by atoms with van der Waals surface area (Å²) in [7, 11) is 0. The monoisotopic (exact) mass is 304 g/mol. The Hall–Kier alpha value is -1.18. The molecule has 0 saturated carbocycles. The largest absolute Gasteiger partial charge is 0.493 e. The first-order valence-electron chi connectivity index (χ1n) is 9.05. The predicted molar refractivity (Wildman–Crippen MR) is 92.6 cm³/mol. The van der Waals surface area contributed by atoms with Gasteiger partial charge in [-0.2, -0.15) is 0 Å². The third-order valence-corrected chi connectivity index (χ3v) is 3.69. The van der Waals surface area contributed by atoms with Gasteiger partial charge < -0.3 is 9.47 Å². The molecule has 0 aromatic heterocycles. The zero-order valence-electron chi connectivity index (χ0n) is 14.5. The lowest BCUT2D eigenvalue weighted by atomic mass is 10.2. The highest BCUT2D eigenvalue weighted by Gasteiger charge is 2.00. The summed E-state index contributed by atoms with van der Waals surface area (Å²) in [5.41, 5.74) is 0. The lowest BCUT2D eigenvalue weighted by molar-refractivity contribution is 0.288. The van der Waals surface area contributed by atoms with Crippen LogP contribution in [0.5, 0.6) is 11.5 Å². The van der Waals surface area contributed by atoms with Crippen molar-refractivity contribution in [2.75, 3.05) is 13.2 Å². The zero-order chi connectivity index (χ0) is 15.9. The fourth-order valence-corrected chi connectivity index (χ4v) is 2.32. The van der Waals surface area contributed by atoms with Gasteiger partial charge in [0.2, 0.25) is 0 Å². The fourth-order valence-electron chi connectivity index (χ4n) is 2.32. The number of hydrogen-bond acceptors (Lipinski definition) is 2. The van der Waals surface area contributed by atoms with Gasteiger partial charge in [-0.15, -0.1) is 0 Å². The van der Waals surface area contributed by atoms with Crippen LogP contribution in [-0.4, -0.2) is 13.2 Å². The van der Waals surface area contributed by atoms with E-state index in [-0.39, 0.29) is 0 Å². The maximum absolute atomic E-state index is 5.72. The van der Waals surface area contributed by atoms with Crippen molar-refractivity contribution < 1.29 is 9.47 Å². The van der Waals surface area contributed by atoms with Crippen molar-refractivity contribution in [2.45, 2.75) is 78.1 Å². The SMILES string of the molecule is CCCCCCCOc1[c]c(OCCCCCCC)c[c]c1. The minimum absolute atomic E-state index is 0.749. The molecule has 1 rings (SSSR count). The number of rotatable bonds is 14. The van der Waals surface area contributed by atoms with Crippen LogP contribution in [0.1, 0.15) is 78.1 Å². The Morgan fingerprint density at radius 3 is 1.59 bits per heavy atom. The van der Waals surface area contributed by atoms with Gasteiger partial charge in [-0.25, -0.2) is 0 Å². The molecular weight excluding hydrogens is 272 g/mol. The van der Waals surface area contributed by atoms with E-state index in [1.54, 1.807) is 0 Å². The second-order valence-corrected chi connectivity index (χ2v) is 5.83. The lowest BCUT2D eigenvalue weighted by Crippen LogP contribution is -2.00. The Morgan fingerprint density at radius 2 is 1.14 bits per heavy atom. The number of ether oxygens (including phenoxy) is 2. The van der Waals surface area contributed by atoms with Crippen LogP contribution in [0.15, 0.2) is 12.1 Å².